The van der Waals surface area contributed by atoms with Crippen LogP contribution in [0.1, 0.15) is 16.2 Å². The van der Waals surface area contributed by atoms with Crippen molar-refractivity contribution < 1.29 is 19.5 Å². The molecule has 0 saturated carbocycles. The summed E-state index contributed by atoms with van der Waals surface area (Å²) in [5.74, 6) is -1.70. The van der Waals surface area contributed by atoms with Crippen molar-refractivity contribution in [3.63, 3.8) is 0 Å². The first-order chi connectivity index (χ1) is 9.54. The van der Waals surface area contributed by atoms with Crippen molar-refractivity contribution in [2.24, 2.45) is 5.73 Å². The molecule has 1 aromatic heterocycles. The molecule has 1 aliphatic heterocycles. The Balaban J connectivity index is 2.18. The Bertz CT molecular complexity index is 554. The van der Waals surface area contributed by atoms with E-state index >= 15 is 0 Å². The summed E-state index contributed by atoms with van der Waals surface area (Å²) in [5, 5.41) is 18.6. The average molecular weight is 282 g/mol. The van der Waals surface area contributed by atoms with E-state index < -0.39 is 17.9 Å². The Hall–Kier alpha value is -2.49. The number of amides is 3. The number of imide groups is 1. The fourth-order valence-electron chi connectivity index (χ4n) is 1.93. The van der Waals surface area contributed by atoms with E-state index in [1.54, 1.807) is 0 Å². The van der Waals surface area contributed by atoms with Crippen LogP contribution in [-0.2, 0) is 17.8 Å². The zero-order valence-corrected chi connectivity index (χ0v) is 10.6. The molecule has 0 aromatic carbocycles. The number of aromatic nitrogens is 3. The fraction of sp³-hybridized carbons (Fsp3) is 0.500. The number of carbonyl (C=O) groups excluding carboxylic acids is 2. The van der Waals surface area contributed by atoms with Gasteiger partial charge in [0.15, 0.2) is 5.69 Å². The molecule has 108 valence electrons. The molecular weight excluding hydrogens is 268 g/mol. The van der Waals surface area contributed by atoms with Gasteiger partial charge in [-0.15, -0.1) is 5.10 Å². The molecule has 0 spiro atoms. The molecule has 1 aliphatic rings. The Kier molecular flexibility index (Phi) is 3.94. The van der Waals surface area contributed by atoms with E-state index in [9.17, 15) is 14.4 Å². The van der Waals surface area contributed by atoms with Crippen LogP contribution in [0, 0.1) is 0 Å². The van der Waals surface area contributed by atoms with Crippen LogP contribution in [0.4, 0.5) is 4.79 Å². The molecule has 10 heteroatoms. The van der Waals surface area contributed by atoms with Crippen LogP contribution >= 0.6 is 0 Å². The van der Waals surface area contributed by atoms with Gasteiger partial charge in [0, 0.05) is 19.5 Å². The number of carboxylic acids is 1. The highest BCUT2D eigenvalue weighted by Crippen LogP contribution is 2.08. The number of nitrogens with two attached hydrogens (primary N) is 1. The number of rotatable bonds is 5. The molecular formula is C10H14N6O4. The van der Waals surface area contributed by atoms with Gasteiger partial charge >= 0.3 is 12.0 Å². The Morgan fingerprint density at radius 1 is 1.45 bits per heavy atom. The largest absolute Gasteiger partial charge is 0.476 e. The maximum Gasteiger partial charge on any atom is 0.358 e. The van der Waals surface area contributed by atoms with Gasteiger partial charge in [-0.2, -0.15) is 0 Å². The SMILES string of the molecule is NCCc1c(C(=O)O)nnn1CC(=O)N1CCNC1=O. The van der Waals surface area contributed by atoms with Gasteiger partial charge in [-0.3, -0.25) is 9.69 Å². The third kappa shape index (κ3) is 2.59. The summed E-state index contributed by atoms with van der Waals surface area (Å²) >= 11 is 0. The van der Waals surface area contributed by atoms with Gasteiger partial charge in [-0.25, -0.2) is 14.3 Å². The predicted octanol–water partition coefficient (Wildman–Crippen LogP) is -1.97. The molecule has 2 heterocycles. The summed E-state index contributed by atoms with van der Waals surface area (Å²) in [7, 11) is 0. The van der Waals surface area contributed by atoms with Crippen molar-refractivity contribution >= 4 is 17.9 Å². The Morgan fingerprint density at radius 3 is 2.75 bits per heavy atom. The van der Waals surface area contributed by atoms with Crippen molar-refractivity contribution in [2.45, 2.75) is 13.0 Å². The molecule has 0 atom stereocenters. The second kappa shape index (κ2) is 5.65. The fourth-order valence-corrected chi connectivity index (χ4v) is 1.93. The number of carbonyl (C=O) groups is 3. The van der Waals surface area contributed by atoms with Crippen LogP contribution in [0.5, 0.6) is 0 Å². The molecule has 0 bridgehead atoms. The summed E-state index contributed by atoms with van der Waals surface area (Å²) in [6, 6.07) is -0.464. The summed E-state index contributed by atoms with van der Waals surface area (Å²) < 4.78 is 1.17. The summed E-state index contributed by atoms with van der Waals surface area (Å²) in [4.78, 5) is 35.4. The highest BCUT2D eigenvalue weighted by molar-refractivity contribution is 5.95. The third-order valence-corrected chi connectivity index (χ3v) is 2.86. The van der Waals surface area contributed by atoms with Crippen molar-refractivity contribution in [2.75, 3.05) is 19.6 Å². The summed E-state index contributed by atoms with van der Waals surface area (Å²) in [6.45, 7) is 0.636. The van der Waals surface area contributed by atoms with Gasteiger partial charge in [0.1, 0.15) is 6.54 Å². The number of aromatic carboxylic acids is 1. The van der Waals surface area contributed by atoms with Crippen LogP contribution in [0.25, 0.3) is 0 Å². The molecule has 2 rings (SSSR count). The highest BCUT2D eigenvalue weighted by atomic mass is 16.4. The molecule has 20 heavy (non-hydrogen) atoms. The topological polar surface area (TPSA) is 143 Å². The van der Waals surface area contributed by atoms with Crippen LogP contribution < -0.4 is 11.1 Å². The number of nitrogens with zero attached hydrogens (tertiary/aromatic N) is 4. The monoisotopic (exact) mass is 282 g/mol. The molecule has 10 nitrogen and oxygen atoms in total. The number of hydrogen-bond acceptors (Lipinski definition) is 6. The second-order valence-corrected chi connectivity index (χ2v) is 4.16. The first kappa shape index (κ1) is 13.9. The molecule has 0 unspecified atom stereocenters. The minimum absolute atomic E-state index is 0.200. The predicted molar refractivity (Wildman–Crippen MR) is 64.9 cm³/mol. The number of urea groups is 1. The van der Waals surface area contributed by atoms with Crippen LogP contribution in [0.2, 0.25) is 0 Å². The minimum atomic E-state index is -1.23. The van der Waals surface area contributed by atoms with Crippen molar-refractivity contribution in [1.29, 1.82) is 0 Å². The molecule has 4 N–H and O–H groups in total. The molecule has 1 fully saturated rings. The van der Waals surface area contributed by atoms with E-state index in [2.05, 4.69) is 15.6 Å². The Labute approximate surface area is 113 Å². The van der Waals surface area contributed by atoms with Crippen LogP contribution in [-0.4, -0.2) is 62.5 Å². The lowest BCUT2D eigenvalue weighted by atomic mass is 10.2. The van der Waals surface area contributed by atoms with Crippen molar-refractivity contribution in [1.82, 2.24) is 25.2 Å². The molecule has 3 amide bonds. The second-order valence-electron chi connectivity index (χ2n) is 4.16. The molecule has 1 aromatic rings. The maximum absolute atomic E-state index is 12.0. The minimum Gasteiger partial charge on any atom is -0.476 e. The smallest absolute Gasteiger partial charge is 0.358 e. The van der Waals surface area contributed by atoms with Crippen LogP contribution in [0.3, 0.4) is 0 Å². The summed E-state index contributed by atoms with van der Waals surface area (Å²) in [6.07, 6.45) is 0.230. The van der Waals surface area contributed by atoms with E-state index in [4.69, 9.17) is 10.8 Å². The number of hydrogen-bond donors (Lipinski definition) is 3. The van der Waals surface area contributed by atoms with Gasteiger partial charge in [0.05, 0.1) is 5.69 Å². The summed E-state index contributed by atoms with van der Waals surface area (Å²) in [5.41, 5.74) is 5.45. The zero-order chi connectivity index (χ0) is 14.7. The lowest BCUT2D eigenvalue weighted by Crippen LogP contribution is -2.37. The van der Waals surface area contributed by atoms with Gasteiger partial charge in [-0.05, 0) is 6.54 Å². The Morgan fingerprint density at radius 2 is 2.20 bits per heavy atom. The van der Waals surface area contributed by atoms with Gasteiger partial charge < -0.3 is 16.2 Å². The quantitative estimate of drug-likeness (QED) is 0.568. The van der Waals surface area contributed by atoms with E-state index in [0.29, 0.717) is 6.54 Å². The lowest BCUT2D eigenvalue weighted by Gasteiger charge is -2.12. The van der Waals surface area contributed by atoms with E-state index in [0.717, 1.165) is 4.90 Å². The van der Waals surface area contributed by atoms with Crippen molar-refractivity contribution in [3.8, 4) is 0 Å². The maximum atomic E-state index is 12.0. The van der Waals surface area contributed by atoms with Gasteiger partial charge in [0.25, 0.3) is 5.91 Å². The average Bonchev–Trinajstić information content (AvgIpc) is 2.97. The first-order valence-corrected chi connectivity index (χ1v) is 5.98. The lowest BCUT2D eigenvalue weighted by molar-refractivity contribution is -0.128. The number of carboxylic acid groups (broad SMARTS) is 1. The van der Waals surface area contributed by atoms with Gasteiger partial charge in [-0.1, -0.05) is 5.21 Å². The van der Waals surface area contributed by atoms with Crippen LogP contribution in [0.15, 0.2) is 0 Å². The van der Waals surface area contributed by atoms with E-state index in [1.807, 2.05) is 0 Å². The molecule has 0 aliphatic carbocycles. The van der Waals surface area contributed by atoms with E-state index in [1.165, 1.54) is 4.68 Å². The third-order valence-electron chi connectivity index (χ3n) is 2.86. The van der Waals surface area contributed by atoms with Gasteiger partial charge in [0.2, 0.25) is 0 Å². The zero-order valence-electron chi connectivity index (χ0n) is 10.6. The highest BCUT2D eigenvalue weighted by Gasteiger charge is 2.28. The van der Waals surface area contributed by atoms with Crippen molar-refractivity contribution in [3.05, 3.63) is 11.4 Å². The molecule has 0 radical (unpaired) electrons. The molecule has 1 saturated heterocycles. The number of nitrogens with one attached hydrogen (secondary N) is 1. The normalized spacial score (nSPS) is 14.4. The standard InChI is InChI=1S/C10H14N6O4/c11-2-1-6-8(9(18)19)13-14-16(6)5-7(17)15-4-3-12-10(15)20/h1-5,11H2,(H,12,20)(H,18,19). The first-order valence-electron chi connectivity index (χ1n) is 5.98. The van der Waals surface area contributed by atoms with E-state index in [-0.39, 0.29) is 37.4 Å².